The molecule has 0 N–H and O–H groups in total. The van der Waals surface area contributed by atoms with E-state index < -0.39 is 0 Å². The summed E-state index contributed by atoms with van der Waals surface area (Å²) in [5.74, 6) is 0. The molecule has 0 aromatic heterocycles. The summed E-state index contributed by atoms with van der Waals surface area (Å²) < 4.78 is 0. The van der Waals surface area contributed by atoms with Crippen LogP contribution in [0.2, 0.25) is 0 Å². The monoisotopic (exact) mass is 282 g/mol. The largest absolute Gasteiger partial charge is 0.0839 e. The molecular formula is C15H23Br. The van der Waals surface area contributed by atoms with E-state index in [1.807, 2.05) is 0 Å². The molecular weight excluding hydrogens is 260 g/mol. The Hall–Kier alpha value is -0.300. The van der Waals surface area contributed by atoms with Gasteiger partial charge in [0.1, 0.15) is 0 Å². The molecule has 0 aliphatic carbocycles. The van der Waals surface area contributed by atoms with Gasteiger partial charge in [-0.15, -0.1) is 0 Å². The lowest BCUT2D eigenvalue weighted by molar-refractivity contribution is 0.661. The Bertz CT molecular complexity index is 318. The van der Waals surface area contributed by atoms with Gasteiger partial charge in [-0.1, -0.05) is 59.8 Å². The Morgan fingerprint density at radius 2 is 1.62 bits per heavy atom. The van der Waals surface area contributed by atoms with Gasteiger partial charge in [-0.25, -0.2) is 0 Å². The van der Waals surface area contributed by atoms with Crippen LogP contribution < -0.4 is 0 Å². The maximum absolute atomic E-state index is 3.84. The van der Waals surface area contributed by atoms with Crippen molar-refractivity contribution in [2.24, 2.45) is 0 Å². The Morgan fingerprint density at radius 1 is 1.06 bits per heavy atom. The van der Waals surface area contributed by atoms with Crippen LogP contribution in [-0.2, 0) is 0 Å². The molecule has 16 heavy (non-hydrogen) atoms. The highest BCUT2D eigenvalue weighted by Crippen LogP contribution is 2.33. The molecule has 0 spiro atoms. The van der Waals surface area contributed by atoms with Crippen molar-refractivity contribution >= 4 is 15.9 Å². The number of hydrogen-bond donors (Lipinski definition) is 0. The van der Waals surface area contributed by atoms with E-state index in [2.05, 4.69) is 55.8 Å². The van der Waals surface area contributed by atoms with E-state index in [4.69, 9.17) is 0 Å². The summed E-state index contributed by atoms with van der Waals surface area (Å²) in [4.78, 5) is 0.527. The van der Waals surface area contributed by atoms with Crippen LogP contribution in [0.25, 0.3) is 0 Å². The normalized spacial score (nSPS) is 12.8. The maximum atomic E-state index is 3.84. The van der Waals surface area contributed by atoms with Crippen LogP contribution in [0.3, 0.4) is 0 Å². The van der Waals surface area contributed by atoms with Gasteiger partial charge in [-0.05, 0) is 43.9 Å². The molecule has 1 heteroatoms. The van der Waals surface area contributed by atoms with Crippen molar-refractivity contribution in [3.63, 3.8) is 0 Å². The van der Waals surface area contributed by atoms with Crippen molar-refractivity contribution in [1.29, 1.82) is 0 Å². The zero-order valence-electron chi connectivity index (χ0n) is 10.9. The van der Waals surface area contributed by atoms with Crippen LogP contribution in [-0.4, -0.2) is 0 Å². The predicted octanol–water partition coefficient (Wildman–Crippen LogP) is 5.63. The van der Waals surface area contributed by atoms with Crippen LogP contribution in [0.1, 0.15) is 59.7 Å². The molecule has 0 nitrogen and oxygen atoms in total. The molecule has 1 aromatic carbocycles. The number of alkyl halides is 1. The van der Waals surface area contributed by atoms with E-state index in [-0.39, 0.29) is 0 Å². The van der Waals surface area contributed by atoms with Crippen molar-refractivity contribution < 1.29 is 0 Å². The first-order valence-electron chi connectivity index (χ1n) is 6.28. The summed E-state index contributed by atoms with van der Waals surface area (Å²) in [7, 11) is 0. The van der Waals surface area contributed by atoms with Crippen molar-refractivity contribution in [1.82, 2.24) is 0 Å². The highest BCUT2D eigenvalue weighted by Gasteiger charge is 2.12. The Labute approximate surface area is 109 Å². The van der Waals surface area contributed by atoms with Gasteiger partial charge in [0, 0.05) is 4.83 Å². The molecule has 0 amide bonds. The lowest BCUT2D eigenvalue weighted by Gasteiger charge is -2.17. The summed E-state index contributed by atoms with van der Waals surface area (Å²) in [6.07, 6.45) is 5.20. The average molecular weight is 283 g/mol. The summed E-state index contributed by atoms with van der Waals surface area (Å²) in [6.45, 7) is 8.88. The van der Waals surface area contributed by atoms with Crippen LogP contribution in [0, 0.1) is 20.8 Å². The number of aryl methyl sites for hydroxylation is 3. The van der Waals surface area contributed by atoms with E-state index in [0.29, 0.717) is 4.83 Å². The van der Waals surface area contributed by atoms with Gasteiger partial charge in [-0.2, -0.15) is 0 Å². The molecule has 0 bridgehead atoms. The SMILES string of the molecule is CCCCCC(Br)c1c(C)cc(C)cc1C. The topological polar surface area (TPSA) is 0 Å². The van der Waals surface area contributed by atoms with Gasteiger partial charge in [0.15, 0.2) is 0 Å². The molecule has 90 valence electrons. The summed E-state index contributed by atoms with van der Waals surface area (Å²) in [5.41, 5.74) is 5.72. The highest BCUT2D eigenvalue weighted by molar-refractivity contribution is 9.09. The number of benzene rings is 1. The third kappa shape index (κ3) is 3.62. The number of hydrogen-bond acceptors (Lipinski definition) is 0. The highest BCUT2D eigenvalue weighted by atomic mass is 79.9. The fourth-order valence-electron chi connectivity index (χ4n) is 2.40. The summed E-state index contributed by atoms with van der Waals surface area (Å²) in [5, 5.41) is 0. The van der Waals surface area contributed by atoms with Gasteiger partial charge < -0.3 is 0 Å². The van der Waals surface area contributed by atoms with Gasteiger partial charge in [0.2, 0.25) is 0 Å². The number of halogens is 1. The zero-order chi connectivity index (χ0) is 12.1. The molecule has 0 radical (unpaired) electrons. The fourth-order valence-corrected chi connectivity index (χ4v) is 3.45. The minimum absolute atomic E-state index is 0.527. The molecule has 0 aliphatic heterocycles. The van der Waals surface area contributed by atoms with E-state index >= 15 is 0 Å². The van der Waals surface area contributed by atoms with E-state index in [0.717, 1.165) is 0 Å². The zero-order valence-corrected chi connectivity index (χ0v) is 12.5. The van der Waals surface area contributed by atoms with Crippen LogP contribution in [0.4, 0.5) is 0 Å². The van der Waals surface area contributed by atoms with E-state index in [9.17, 15) is 0 Å². The third-order valence-electron chi connectivity index (χ3n) is 3.11. The van der Waals surface area contributed by atoms with Gasteiger partial charge in [0.05, 0.1) is 0 Å². The second-order valence-electron chi connectivity index (χ2n) is 4.78. The molecule has 1 rings (SSSR count). The van der Waals surface area contributed by atoms with E-state index in [1.165, 1.54) is 47.9 Å². The molecule has 0 heterocycles. The molecule has 0 saturated carbocycles. The molecule has 0 aliphatic rings. The van der Waals surface area contributed by atoms with Crippen molar-refractivity contribution in [2.75, 3.05) is 0 Å². The maximum Gasteiger partial charge on any atom is 0.0400 e. The minimum atomic E-state index is 0.527. The Kier molecular flexibility index (Phi) is 5.54. The van der Waals surface area contributed by atoms with Crippen LogP contribution >= 0.6 is 15.9 Å². The lowest BCUT2D eigenvalue weighted by Crippen LogP contribution is -1.98. The van der Waals surface area contributed by atoms with Gasteiger partial charge in [-0.3, -0.25) is 0 Å². The predicted molar refractivity (Wildman–Crippen MR) is 76.5 cm³/mol. The summed E-state index contributed by atoms with van der Waals surface area (Å²) >= 11 is 3.84. The van der Waals surface area contributed by atoms with Gasteiger partial charge >= 0.3 is 0 Å². The lowest BCUT2D eigenvalue weighted by atomic mass is 9.95. The third-order valence-corrected chi connectivity index (χ3v) is 4.03. The van der Waals surface area contributed by atoms with Crippen molar-refractivity contribution in [2.45, 2.75) is 58.2 Å². The quantitative estimate of drug-likeness (QED) is 0.485. The molecule has 1 aromatic rings. The van der Waals surface area contributed by atoms with Crippen molar-refractivity contribution in [3.05, 3.63) is 34.4 Å². The van der Waals surface area contributed by atoms with Crippen LogP contribution in [0.15, 0.2) is 12.1 Å². The van der Waals surface area contributed by atoms with Crippen LogP contribution in [0.5, 0.6) is 0 Å². The smallest absolute Gasteiger partial charge is 0.0400 e. The Balaban J connectivity index is 2.78. The first kappa shape index (κ1) is 13.8. The van der Waals surface area contributed by atoms with E-state index in [1.54, 1.807) is 0 Å². The average Bonchev–Trinajstić information content (AvgIpc) is 2.16. The number of unbranched alkanes of at least 4 members (excludes halogenated alkanes) is 2. The second-order valence-corrected chi connectivity index (χ2v) is 5.88. The molecule has 0 fully saturated rings. The summed E-state index contributed by atoms with van der Waals surface area (Å²) in [6, 6.07) is 4.58. The fraction of sp³-hybridized carbons (Fsp3) is 0.600. The van der Waals surface area contributed by atoms with Gasteiger partial charge in [0.25, 0.3) is 0 Å². The van der Waals surface area contributed by atoms with Crippen molar-refractivity contribution in [3.8, 4) is 0 Å². The first-order chi connectivity index (χ1) is 7.56. The minimum Gasteiger partial charge on any atom is -0.0839 e. The Morgan fingerprint density at radius 3 is 2.12 bits per heavy atom. The molecule has 0 saturated heterocycles. The molecule has 1 atom stereocenters. The standard InChI is InChI=1S/C15H23Br/c1-5-6-7-8-14(16)15-12(3)9-11(2)10-13(15)4/h9-10,14H,5-8H2,1-4H3. The first-order valence-corrected chi connectivity index (χ1v) is 7.19. The second kappa shape index (κ2) is 6.44. The number of rotatable bonds is 5. The molecule has 1 unspecified atom stereocenters.